The fraction of sp³-hybridized carbons (Fsp3) is 0.125. The molecule has 0 aliphatic carbocycles. The van der Waals surface area contributed by atoms with Gasteiger partial charge in [0.05, 0.1) is 11.0 Å². The van der Waals surface area contributed by atoms with E-state index < -0.39 is 0 Å². The Labute approximate surface area is 82.5 Å². The van der Waals surface area contributed by atoms with Crippen LogP contribution in [0.15, 0.2) is 18.2 Å². The molecule has 62 valence electrons. The predicted octanol–water partition coefficient (Wildman–Crippen LogP) is 2.32. The van der Waals surface area contributed by atoms with E-state index in [0.717, 1.165) is 14.9 Å². The van der Waals surface area contributed by atoms with Gasteiger partial charge in [0, 0.05) is 7.05 Å². The molecule has 12 heavy (non-hydrogen) atoms. The average Bonchev–Trinajstić information content (AvgIpc) is 2.31. The molecule has 0 fully saturated rings. The third kappa shape index (κ3) is 1.10. The summed E-state index contributed by atoms with van der Waals surface area (Å²) in [6.07, 6.45) is 0. The monoisotopic (exact) mass is 276 g/mol. The van der Waals surface area contributed by atoms with Crippen molar-refractivity contribution in [2.75, 3.05) is 0 Å². The van der Waals surface area contributed by atoms with Crippen molar-refractivity contribution in [3.63, 3.8) is 0 Å². The quantitative estimate of drug-likeness (QED) is 0.675. The Bertz CT molecular complexity index is 436. The SMILES string of the molecule is Cn1c(I)nc2ccc(F)cc21. The minimum Gasteiger partial charge on any atom is -0.322 e. The standard InChI is InChI=1S/C8H6FIN2/c1-12-7-4-5(9)2-3-6(7)11-8(12)10/h2-4H,1H3. The van der Waals surface area contributed by atoms with Crippen LogP contribution >= 0.6 is 22.6 Å². The van der Waals surface area contributed by atoms with Gasteiger partial charge in [-0.3, -0.25) is 0 Å². The van der Waals surface area contributed by atoms with E-state index >= 15 is 0 Å². The van der Waals surface area contributed by atoms with Gasteiger partial charge in [0.2, 0.25) is 0 Å². The first-order chi connectivity index (χ1) is 5.68. The van der Waals surface area contributed by atoms with Gasteiger partial charge in [-0.2, -0.15) is 0 Å². The van der Waals surface area contributed by atoms with Gasteiger partial charge in [-0.1, -0.05) is 0 Å². The molecule has 0 spiro atoms. The molecule has 1 aromatic heterocycles. The molecule has 0 radical (unpaired) electrons. The van der Waals surface area contributed by atoms with Gasteiger partial charge in [-0.05, 0) is 40.8 Å². The van der Waals surface area contributed by atoms with Crippen molar-refractivity contribution in [1.29, 1.82) is 0 Å². The van der Waals surface area contributed by atoms with Crippen molar-refractivity contribution in [2.24, 2.45) is 7.05 Å². The highest BCUT2D eigenvalue weighted by Crippen LogP contribution is 2.16. The van der Waals surface area contributed by atoms with Crippen molar-refractivity contribution in [3.8, 4) is 0 Å². The van der Waals surface area contributed by atoms with Crippen LogP contribution in [-0.4, -0.2) is 9.55 Å². The van der Waals surface area contributed by atoms with E-state index in [0.29, 0.717) is 0 Å². The summed E-state index contributed by atoms with van der Waals surface area (Å²) in [5.74, 6) is -0.220. The Hall–Kier alpha value is -0.650. The molecule has 0 saturated heterocycles. The Balaban J connectivity index is 2.88. The maximum absolute atomic E-state index is 12.8. The average molecular weight is 276 g/mol. The number of rotatable bonds is 0. The molecule has 1 heterocycles. The van der Waals surface area contributed by atoms with E-state index in [1.165, 1.54) is 12.1 Å². The van der Waals surface area contributed by atoms with Gasteiger partial charge < -0.3 is 4.57 Å². The van der Waals surface area contributed by atoms with Crippen molar-refractivity contribution in [1.82, 2.24) is 9.55 Å². The van der Waals surface area contributed by atoms with Crippen LogP contribution in [0.4, 0.5) is 4.39 Å². The molecule has 1 aromatic carbocycles. The zero-order chi connectivity index (χ0) is 8.72. The fourth-order valence-corrected chi connectivity index (χ4v) is 1.65. The second kappa shape index (κ2) is 2.69. The lowest BCUT2D eigenvalue weighted by Crippen LogP contribution is -1.89. The summed E-state index contributed by atoms with van der Waals surface area (Å²) < 4.78 is 15.5. The molecule has 0 saturated carbocycles. The first kappa shape index (κ1) is 7.97. The van der Waals surface area contributed by atoms with E-state index in [2.05, 4.69) is 27.6 Å². The molecule has 0 amide bonds. The summed E-state index contributed by atoms with van der Waals surface area (Å²) in [7, 11) is 1.87. The van der Waals surface area contributed by atoms with Crippen molar-refractivity contribution in [3.05, 3.63) is 27.8 Å². The maximum atomic E-state index is 12.8. The van der Waals surface area contributed by atoms with Crippen molar-refractivity contribution in [2.45, 2.75) is 0 Å². The fourth-order valence-electron chi connectivity index (χ4n) is 1.13. The van der Waals surface area contributed by atoms with E-state index in [1.54, 1.807) is 6.07 Å². The molecule has 0 N–H and O–H groups in total. The normalized spacial score (nSPS) is 10.9. The van der Waals surface area contributed by atoms with Crippen LogP contribution in [0, 0.1) is 9.65 Å². The number of hydrogen-bond donors (Lipinski definition) is 0. The summed E-state index contributed by atoms with van der Waals surface area (Å²) in [4.78, 5) is 4.24. The first-order valence-electron chi connectivity index (χ1n) is 3.46. The molecule has 0 atom stereocenters. The van der Waals surface area contributed by atoms with Gasteiger partial charge in [-0.15, -0.1) is 0 Å². The lowest BCUT2D eigenvalue weighted by Gasteiger charge is -1.94. The summed E-state index contributed by atoms with van der Waals surface area (Å²) in [5, 5.41) is 0. The highest BCUT2D eigenvalue weighted by Gasteiger charge is 2.04. The molecule has 0 aliphatic rings. The van der Waals surface area contributed by atoms with Gasteiger partial charge in [0.1, 0.15) is 5.82 Å². The van der Waals surface area contributed by atoms with Crippen LogP contribution in [0.5, 0.6) is 0 Å². The number of imidazole rings is 1. The van der Waals surface area contributed by atoms with Crippen LogP contribution in [0.1, 0.15) is 0 Å². The number of hydrogen-bond acceptors (Lipinski definition) is 1. The summed E-state index contributed by atoms with van der Waals surface area (Å²) in [5.41, 5.74) is 1.67. The Morgan fingerprint density at radius 2 is 2.25 bits per heavy atom. The summed E-state index contributed by atoms with van der Waals surface area (Å²) in [6.45, 7) is 0. The van der Waals surface area contributed by atoms with Gasteiger partial charge in [-0.25, -0.2) is 9.37 Å². The smallest absolute Gasteiger partial charge is 0.172 e. The lowest BCUT2D eigenvalue weighted by atomic mass is 10.3. The van der Waals surface area contributed by atoms with Gasteiger partial charge >= 0.3 is 0 Å². The molecule has 2 nitrogen and oxygen atoms in total. The Morgan fingerprint density at radius 1 is 1.50 bits per heavy atom. The first-order valence-corrected chi connectivity index (χ1v) is 4.54. The molecule has 2 rings (SSSR count). The largest absolute Gasteiger partial charge is 0.322 e. The third-order valence-electron chi connectivity index (χ3n) is 1.79. The predicted molar refractivity (Wildman–Crippen MR) is 53.4 cm³/mol. The van der Waals surface area contributed by atoms with Crippen molar-refractivity contribution < 1.29 is 4.39 Å². The molecular formula is C8H6FIN2. The van der Waals surface area contributed by atoms with Crippen LogP contribution in [0.2, 0.25) is 0 Å². The molecule has 0 aliphatic heterocycles. The summed E-state index contributed by atoms with van der Waals surface area (Å²) in [6, 6.07) is 4.60. The van der Waals surface area contributed by atoms with E-state index in [-0.39, 0.29) is 5.82 Å². The van der Waals surface area contributed by atoms with Crippen LogP contribution in [0.25, 0.3) is 11.0 Å². The van der Waals surface area contributed by atoms with Gasteiger partial charge in [0.25, 0.3) is 0 Å². The second-order valence-corrected chi connectivity index (χ2v) is 3.54. The number of nitrogens with zero attached hydrogens (tertiary/aromatic N) is 2. The minimum absolute atomic E-state index is 0.220. The number of fused-ring (bicyclic) bond motifs is 1. The third-order valence-corrected chi connectivity index (χ3v) is 2.75. The van der Waals surface area contributed by atoms with Crippen molar-refractivity contribution >= 4 is 33.6 Å². The maximum Gasteiger partial charge on any atom is 0.172 e. The van der Waals surface area contributed by atoms with Crippen LogP contribution < -0.4 is 0 Å². The highest BCUT2D eigenvalue weighted by atomic mass is 127. The van der Waals surface area contributed by atoms with Crippen LogP contribution in [-0.2, 0) is 7.05 Å². The Kier molecular flexibility index (Phi) is 1.79. The molecular weight excluding hydrogens is 270 g/mol. The van der Waals surface area contributed by atoms with E-state index in [4.69, 9.17) is 0 Å². The van der Waals surface area contributed by atoms with E-state index in [9.17, 15) is 4.39 Å². The Morgan fingerprint density at radius 3 is 3.00 bits per heavy atom. The van der Waals surface area contributed by atoms with E-state index in [1.807, 2.05) is 11.6 Å². The lowest BCUT2D eigenvalue weighted by molar-refractivity contribution is 0.629. The number of benzene rings is 1. The number of halogens is 2. The zero-order valence-corrected chi connectivity index (χ0v) is 8.54. The molecule has 0 unspecified atom stereocenters. The van der Waals surface area contributed by atoms with Crippen LogP contribution in [0.3, 0.4) is 0 Å². The molecule has 2 aromatic rings. The minimum atomic E-state index is -0.220. The second-order valence-electron chi connectivity index (χ2n) is 2.57. The molecule has 0 bridgehead atoms. The van der Waals surface area contributed by atoms with Gasteiger partial charge in [0.15, 0.2) is 3.83 Å². The zero-order valence-electron chi connectivity index (χ0n) is 6.38. The number of aromatic nitrogens is 2. The molecule has 4 heteroatoms. The number of aryl methyl sites for hydroxylation is 1. The topological polar surface area (TPSA) is 17.8 Å². The highest BCUT2D eigenvalue weighted by molar-refractivity contribution is 14.1. The summed E-state index contributed by atoms with van der Waals surface area (Å²) >= 11 is 2.12.